The molecule has 9 heteroatoms. The van der Waals surface area contributed by atoms with Crippen LogP contribution in [-0.2, 0) is 25.7 Å². The molecule has 2 saturated heterocycles. The second-order valence-corrected chi connectivity index (χ2v) is 11.5. The van der Waals surface area contributed by atoms with Crippen LogP contribution in [0.2, 0.25) is 0 Å². The third-order valence-corrected chi connectivity index (χ3v) is 9.01. The first kappa shape index (κ1) is 25.1. The minimum atomic E-state index is -1.17. The van der Waals surface area contributed by atoms with Gasteiger partial charge in [-0.3, -0.25) is 19.4 Å². The Kier molecular flexibility index (Phi) is 6.74. The summed E-state index contributed by atoms with van der Waals surface area (Å²) in [6.07, 6.45) is 13.7. The summed E-state index contributed by atoms with van der Waals surface area (Å²) in [6, 6.07) is 10.5. The third kappa shape index (κ3) is 4.31. The second kappa shape index (κ2) is 10.2. The number of hydrogen-bond acceptors (Lipinski definition) is 6. The van der Waals surface area contributed by atoms with Crippen LogP contribution in [0.25, 0.3) is 0 Å². The van der Waals surface area contributed by atoms with E-state index in [0.29, 0.717) is 5.69 Å². The number of rotatable bonds is 7. The number of thioether (sulfide) groups is 1. The van der Waals surface area contributed by atoms with E-state index in [2.05, 4.69) is 15.6 Å². The molecule has 5 atom stereocenters. The summed E-state index contributed by atoms with van der Waals surface area (Å²) < 4.78 is 6.45. The topological polar surface area (TPSA) is 101 Å². The van der Waals surface area contributed by atoms with Crippen molar-refractivity contribution in [2.45, 2.75) is 67.3 Å². The van der Waals surface area contributed by atoms with Crippen molar-refractivity contribution >= 4 is 35.2 Å². The Morgan fingerprint density at radius 2 is 2.00 bits per heavy atom. The molecule has 1 saturated carbocycles. The number of nitrogens with one attached hydrogen (secondary N) is 2. The monoisotopic (exact) mass is 532 g/mol. The Morgan fingerprint density at radius 3 is 2.76 bits per heavy atom. The lowest BCUT2D eigenvalue weighted by Gasteiger charge is -2.34. The molecule has 1 aliphatic carbocycles. The van der Waals surface area contributed by atoms with E-state index in [9.17, 15) is 14.4 Å². The lowest BCUT2D eigenvalue weighted by atomic mass is 9.74. The Bertz CT molecular complexity index is 1260. The highest BCUT2D eigenvalue weighted by Gasteiger charge is 2.72. The van der Waals surface area contributed by atoms with Gasteiger partial charge in [0.15, 0.2) is 0 Å². The van der Waals surface area contributed by atoms with Gasteiger partial charge >= 0.3 is 0 Å². The van der Waals surface area contributed by atoms with Crippen molar-refractivity contribution in [3.8, 4) is 0 Å². The van der Waals surface area contributed by atoms with Crippen LogP contribution < -0.4 is 10.6 Å². The highest BCUT2D eigenvalue weighted by molar-refractivity contribution is 7.98. The van der Waals surface area contributed by atoms with E-state index in [1.165, 1.54) is 6.42 Å². The Balaban J connectivity index is 1.31. The predicted molar refractivity (Wildman–Crippen MR) is 144 cm³/mol. The number of hydrogen-bond donors (Lipinski definition) is 2. The molecule has 1 aromatic heterocycles. The Hall–Kier alpha value is -3.17. The van der Waals surface area contributed by atoms with E-state index in [0.717, 1.165) is 36.1 Å². The summed E-state index contributed by atoms with van der Waals surface area (Å²) in [4.78, 5) is 48.4. The second-order valence-electron chi connectivity index (χ2n) is 10.6. The summed E-state index contributed by atoms with van der Waals surface area (Å²) in [6.45, 7) is 0.222. The molecule has 2 bridgehead atoms. The molecule has 3 fully saturated rings. The zero-order valence-corrected chi connectivity index (χ0v) is 22.2. The minimum absolute atomic E-state index is 0.0902. The molecule has 2 aromatic rings. The smallest absolute Gasteiger partial charge is 0.246 e. The number of anilines is 1. The van der Waals surface area contributed by atoms with Crippen LogP contribution in [0.5, 0.6) is 0 Å². The summed E-state index contributed by atoms with van der Waals surface area (Å²) in [7, 11) is 0. The van der Waals surface area contributed by atoms with Crippen LogP contribution in [0.4, 0.5) is 5.69 Å². The maximum absolute atomic E-state index is 14.1. The number of ether oxygens (including phenoxy) is 1. The van der Waals surface area contributed by atoms with Crippen molar-refractivity contribution in [3.05, 3.63) is 66.5 Å². The van der Waals surface area contributed by atoms with E-state index in [4.69, 9.17) is 4.74 Å². The summed E-state index contributed by atoms with van der Waals surface area (Å²) >= 11 is 1.59. The molecule has 198 valence electrons. The van der Waals surface area contributed by atoms with Crippen LogP contribution in [0, 0.1) is 11.8 Å². The van der Waals surface area contributed by atoms with Crippen molar-refractivity contribution in [2.75, 3.05) is 11.6 Å². The van der Waals surface area contributed by atoms with Crippen molar-refractivity contribution in [1.29, 1.82) is 0 Å². The van der Waals surface area contributed by atoms with Crippen molar-refractivity contribution in [2.24, 2.45) is 11.8 Å². The van der Waals surface area contributed by atoms with E-state index < -0.39 is 29.6 Å². The van der Waals surface area contributed by atoms with Crippen LogP contribution in [0.3, 0.4) is 0 Å². The van der Waals surface area contributed by atoms with Crippen LogP contribution in [-0.4, -0.2) is 57.6 Å². The summed E-state index contributed by atoms with van der Waals surface area (Å²) in [5.74, 6) is -2.22. The quantitative estimate of drug-likeness (QED) is 0.418. The molecule has 8 nitrogen and oxygen atoms in total. The van der Waals surface area contributed by atoms with E-state index in [-0.39, 0.29) is 30.3 Å². The first-order chi connectivity index (χ1) is 18.5. The zero-order valence-electron chi connectivity index (χ0n) is 21.3. The summed E-state index contributed by atoms with van der Waals surface area (Å²) in [5, 5.41) is 6.22. The van der Waals surface area contributed by atoms with Crippen LogP contribution in [0.1, 0.15) is 37.7 Å². The van der Waals surface area contributed by atoms with Gasteiger partial charge in [0.25, 0.3) is 0 Å². The number of benzene rings is 1. The Morgan fingerprint density at radius 1 is 1.16 bits per heavy atom. The number of nitrogens with zero attached hydrogens (tertiary/aromatic N) is 2. The van der Waals surface area contributed by atoms with E-state index >= 15 is 0 Å². The molecule has 3 aliphatic heterocycles. The van der Waals surface area contributed by atoms with Gasteiger partial charge in [-0.15, -0.1) is 11.8 Å². The minimum Gasteiger partial charge on any atom is -0.359 e. The fourth-order valence-corrected chi connectivity index (χ4v) is 7.04. The molecule has 4 aliphatic rings. The highest BCUT2D eigenvalue weighted by Crippen LogP contribution is 2.55. The number of likely N-dealkylation sites (tertiary alicyclic amines) is 1. The molecular weight excluding hydrogens is 500 g/mol. The van der Waals surface area contributed by atoms with Gasteiger partial charge in [-0.2, -0.15) is 0 Å². The summed E-state index contributed by atoms with van der Waals surface area (Å²) in [5.41, 5.74) is 0.319. The van der Waals surface area contributed by atoms with Gasteiger partial charge in [0.05, 0.1) is 17.9 Å². The average molecular weight is 533 g/mol. The maximum Gasteiger partial charge on any atom is 0.246 e. The van der Waals surface area contributed by atoms with Gasteiger partial charge in [-0.1, -0.05) is 43.5 Å². The standard InChI is InChI=1S/C29H32N4O4S/c1-38-21-11-5-10-20(15-21)32-26(34)23-22-12-13-29(37-22)24(23)28(36)33(17-18-7-6-14-30-16-18)25(29)27(35)31-19-8-3-2-4-9-19/h5-7,10-16,19,22-25H,2-4,8-9,17H2,1H3,(H,31,35)(H,32,34)/t22-,23?,24-,25?,29?/m0/s1. The maximum atomic E-state index is 14.1. The fourth-order valence-electron chi connectivity index (χ4n) is 6.58. The largest absolute Gasteiger partial charge is 0.359 e. The SMILES string of the molecule is CSc1cccc(NC(=O)C2[C@@H]3C=CC4(O3)C(C(=O)NC3CCCCC3)N(Cc3cccnc3)C(=O)[C@H]24)c1. The van der Waals surface area contributed by atoms with Gasteiger partial charge in [0, 0.05) is 35.6 Å². The number of aromatic nitrogens is 1. The molecule has 6 rings (SSSR count). The first-order valence-electron chi connectivity index (χ1n) is 13.3. The number of carbonyl (C=O) groups excluding carboxylic acids is 3. The Labute approximate surface area is 226 Å². The number of pyridine rings is 1. The van der Waals surface area contributed by atoms with E-state index in [1.54, 1.807) is 29.1 Å². The molecule has 0 radical (unpaired) electrons. The van der Waals surface area contributed by atoms with Crippen molar-refractivity contribution in [1.82, 2.24) is 15.2 Å². The predicted octanol–water partition coefficient (Wildman–Crippen LogP) is 3.54. The van der Waals surface area contributed by atoms with Crippen molar-refractivity contribution < 1.29 is 19.1 Å². The van der Waals surface area contributed by atoms with Crippen LogP contribution >= 0.6 is 11.8 Å². The average Bonchev–Trinajstić information content (AvgIpc) is 3.57. The molecule has 38 heavy (non-hydrogen) atoms. The number of fused-ring (bicyclic) bond motifs is 1. The molecule has 3 unspecified atom stereocenters. The molecular formula is C29H32N4O4S. The molecule has 1 spiro atoms. The van der Waals surface area contributed by atoms with Gasteiger partial charge in [-0.25, -0.2) is 0 Å². The van der Waals surface area contributed by atoms with E-state index in [1.807, 2.05) is 54.8 Å². The fraction of sp³-hybridized carbons (Fsp3) is 0.448. The number of amides is 3. The first-order valence-corrected chi connectivity index (χ1v) is 14.5. The van der Waals surface area contributed by atoms with Crippen molar-refractivity contribution in [3.63, 3.8) is 0 Å². The molecule has 1 aromatic carbocycles. The highest BCUT2D eigenvalue weighted by atomic mass is 32.2. The van der Waals surface area contributed by atoms with Gasteiger partial charge < -0.3 is 20.3 Å². The lowest BCUT2D eigenvalue weighted by molar-refractivity contribution is -0.142. The normalized spacial score (nSPS) is 29.9. The molecule has 4 heterocycles. The zero-order chi connectivity index (χ0) is 26.3. The lowest BCUT2D eigenvalue weighted by Crippen LogP contribution is -2.56. The van der Waals surface area contributed by atoms with Gasteiger partial charge in [0.2, 0.25) is 17.7 Å². The van der Waals surface area contributed by atoms with Gasteiger partial charge in [-0.05, 0) is 48.9 Å². The molecule has 3 amide bonds. The van der Waals surface area contributed by atoms with Gasteiger partial charge in [0.1, 0.15) is 11.6 Å². The molecule has 2 N–H and O–H groups in total. The number of carbonyl (C=O) groups is 3. The third-order valence-electron chi connectivity index (χ3n) is 8.29. The van der Waals surface area contributed by atoms with Crippen LogP contribution in [0.15, 0.2) is 65.8 Å².